The van der Waals surface area contributed by atoms with Crippen LogP contribution >= 0.6 is 0 Å². The zero-order valence-electron chi connectivity index (χ0n) is 11.6. The smallest absolute Gasteiger partial charge is 0.160 e. The number of halogens is 2. The van der Waals surface area contributed by atoms with Gasteiger partial charge in [0.15, 0.2) is 11.6 Å². The number of rotatable bonds is 4. The molecule has 1 saturated heterocycles. The summed E-state index contributed by atoms with van der Waals surface area (Å²) < 4.78 is 26.0. The van der Waals surface area contributed by atoms with Gasteiger partial charge in [0.25, 0.3) is 0 Å². The summed E-state index contributed by atoms with van der Waals surface area (Å²) in [6.07, 6.45) is 2.40. The summed E-state index contributed by atoms with van der Waals surface area (Å²) >= 11 is 0. The Bertz CT molecular complexity index is 423. The number of nitrogens with one attached hydrogen (secondary N) is 1. The molecule has 2 nitrogen and oxygen atoms in total. The van der Waals surface area contributed by atoms with Crippen molar-refractivity contribution in [3.8, 4) is 0 Å². The minimum atomic E-state index is -0.798. The van der Waals surface area contributed by atoms with Crippen LogP contribution in [0.25, 0.3) is 0 Å². The van der Waals surface area contributed by atoms with Gasteiger partial charge in [-0.05, 0) is 50.9 Å². The third-order valence-corrected chi connectivity index (χ3v) is 4.01. The van der Waals surface area contributed by atoms with E-state index >= 15 is 0 Å². The Morgan fingerprint density at radius 3 is 2.84 bits per heavy atom. The molecule has 0 amide bonds. The average molecular weight is 268 g/mol. The van der Waals surface area contributed by atoms with Crippen LogP contribution in [0.1, 0.15) is 26.7 Å². The summed E-state index contributed by atoms with van der Waals surface area (Å²) in [4.78, 5) is 2.44. The highest BCUT2D eigenvalue weighted by molar-refractivity contribution is 5.44. The van der Waals surface area contributed by atoms with E-state index in [1.807, 2.05) is 0 Å². The first-order valence-corrected chi connectivity index (χ1v) is 7.04. The molecule has 1 aromatic rings. The van der Waals surface area contributed by atoms with Crippen molar-refractivity contribution in [3.63, 3.8) is 0 Å². The van der Waals surface area contributed by atoms with Crippen molar-refractivity contribution in [1.82, 2.24) is 4.90 Å². The van der Waals surface area contributed by atoms with Crippen molar-refractivity contribution in [1.29, 1.82) is 0 Å². The number of nitrogens with zero attached hydrogens (tertiary/aromatic N) is 1. The second kappa shape index (κ2) is 6.33. The number of benzene rings is 1. The van der Waals surface area contributed by atoms with Gasteiger partial charge >= 0.3 is 0 Å². The minimum absolute atomic E-state index is 0.263. The maximum atomic E-state index is 13.2. The van der Waals surface area contributed by atoms with Gasteiger partial charge in [-0.1, -0.05) is 6.92 Å². The molecular weight excluding hydrogens is 246 g/mol. The van der Waals surface area contributed by atoms with E-state index in [-0.39, 0.29) is 6.04 Å². The Labute approximate surface area is 113 Å². The van der Waals surface area contributed by atoms with Crippen LogP contribution in [-0.2, 0) is 0 Å². The molecule has 0 aliphatic carbocycles. The van der Waals surface area contributed by atoms with E-state index in [0.29, 0.717) is 11.6 Å². The second-order valence-corrected chi connectivity index (χ2v) is 5.36. The molecule has 4 heteroatoms. The Hall–Kier alpha value is -1.16. The molecule has 1 aliphatic rings. The standard InChI is InChI=1S/C15H22F2N2/c1-3-19-8-4-5-12(10-19)11(2)18-13-6-7-14(16)15(17)9-13/h6-7,9,11-12,18H,3-5,8,10H2,1-2H3. The van der Waals surface area contributed by atoms with Gasteiger partial charge in [0.05, 0.1) is 0 Å². The van der Waals surface area contributed by atoms with Crippen LogP contribution in [-0.4, -0.2) is 30.6 Å². The summed E-state index contributed by atoms with van der Waals surface area (Å²) in [5.74, 6) is -1.04. The SMILES string of the molecule is CCN1CCCC(C(C)Nc2ccc(F)c(F)c2)C1. The lowest BCUT2D eigenvalue weighted by molar-refractivity contribution is 0.172. The van der Waals surface area contributed by atoms with Crippen LogP contribution in [0.15, 0.2) is 18.2 Å². The highest BCUT2D eigenvalue weighted by Crippen LogP contribution is 2.23. The largest absolute Gasteiger partial charge is 0.382 e. The van der Waals surface area contributed by atoms with E-state index in [4.69, 9.17) is 0 Å². The zero-order chi connectivity index (χ0) is 13.8. The fourth-order valence-corrected chi connectivity index (χ4v) is 2.75. The maximum absolute atomic E-state index is 13.2. The predicted molar refractivity (Wildman–Crippen MR) is 74.3 cm³/mol. The molecule has 0 aromatic heterocycles. The lowest BCUT2D eigenvalue weighted by atomic mass is 9.91. The first-order valence-electron chi connectivity index (χ1n) is 7.04. The van der Waals surface area contributed by atoms with Gasteiger partial charge in [-0.15, -0.1) is 0 Å². The minimum Gasteiger partial charge on any atom is -0.382 e. The summed E-state index contributed by atoms with van der Waals surface area (Å²) in [5, 5.41) is 3.29. The van der Waals surface area contributed by atoms with Crippen LogP contribution in [0.4, 0.5) is 14.5 Å². The summed E-state index contributed by atoms with van der Waals surface area (Å²) in [7, 11) is 0. The van der Waals surface area contributed by atoms with Crippen molar-refractivity contribution >= 4 is 5.69 Å². The Balaban J connectivity index is 1.96. The number of hydrogen-bond acceptors (Lipinski definition) is 2. The topological polar surface area (TPSA) is 15.3 Å². The zero-order valence-corrected chi connectivity index (χ0v) is 11.6. The summed E-state index contributed by atoms with van der Waals surface area (Å²) in [6.45, 7) is 7.62. The molecule has 1 heterocycles. The van der Waals surface area contributed by atoms with Crippen molar-refractivity contribution in [3.05, 3.63) is 29.8 Å². The highest BCUT2D eigenvalue weighted by Gasteiger charge is 2.23. The normalized spacial score (nSPS) is 22.2. The lowest BCUT2D eigenvalue weighted by Crippen LogP contribution is -2.41. The summed E-state index contributed by atoms with van der Waals surface area (Å²) in [5.41, 5.74) is 0.653. The first kappa shape index (κ1) is 14.3. The molecule has 0 saturated carbocycles. The number of anilines is 1. The van der Waals surface area contributed by atoms with Gasteiger partial charge in [-0.25, -0.2) is 8.78 Å². The van der Waals surface area contributed by atoms with Gasteiger partial charge in [0.1, 0.15) is 0 Å². The Morgan fingerprint density at radius 2 is 2.16 bits per heavy atom. The highest BCUT2D eigenvalue weighted by atomic mass is 19.2. The van der Waals surface area contributed by atoms with E-state index < -0.39 is 11.6 Å². The van der Waals surface area contributed by atoms with Crippen LogP contribution < -0.4 is 5.32 Å². The van der Waals surface area contributed by atoms with Crippen molar-refractivity contribution in [2.75, 3.05) is 25.0 Å². The molecule has 2 atom stereocenters. The molecule has 2 rings (SSSR count). The van der Waals surface area contributed by atoms with Crippen molar-refractivity contribution < 1.29 is 8.78 Å². The van der Waals surface area contributed by atoms with Crippen LogP contribution in [0, 0.1) is 17.6 Å². The van der Waals surface area contributed by atoms with Gasteiger partial charge in [-0.2, -0.15) is 0 Å². The number of hydrogen-bond donors (Lipinski definition) is 1. The van der Waals surface area contributed by atoms with Gasteiger partial charge in [0, 0.05) is 24.3 Å². The average Bonchev–Trinajstić information content (AvgIpc) is 2.43. The molecule has 1 N–H and O–H groups in total. The Morgan fingerprint density at radius 1 is 1.37 bits per heavy atom. The van der Waals surface area contributed by atoms with Gasteiger partial charge < -0.3 is 10.2 Å². The molecule has 0 bridgehead atoms. The molecule has 0 spiro atoms. The van der Waals surface area contributed by atoms with E-state index in [2.05, 4.69) is 24.1 Å². The van der Waals surface area contributed by atoms with Crippen LogP contribution in [0.3, 0.4) is 0 Å². The monoisotopic (exact) mass is 268 g/mol. The summed E-state index contributed by atoms with van der Waals surface area (Å²) in [6, 6.07) is 4.25. The fraction of sp³-hybridized carbons (Fsp3) is 0.600. The van der Waals surface area contributed by atoms with Crippen molar-refractivity contribution in [2.24, 2.45) is 5.92 Å². The molecule has 1 aliphatic heterocycles. The van der Waals surface area contributed by atoms with E-state index in [9.17, 15) is 8.78 Å². The quantitative estimate of drug-likeness (QED) is 0.899. The maximum Gasteiger partial charge on any atom is 0.160 e. The number of likely N-dealkylation sites (tertiary alicyclic amines) is 1. The van der Waals surface area contributed by atoms with Crippen molar-refractivity contribution in [2.45, 2.75) is 32.7 Å². The van der Waals surface area contributed by atoms with Crippen LogP contribution in [0.5, 0.6) is 0 Å². The second-order valence-electron chi connectivity index (χ2n) is 5.36. The third-order valence-electron chi connectivity index (χ3n) is 4.01. The molecule has 19 heavy (non-hydrogen) atoms. The predicted octanol–water partition coefficient (Wildman–Crippen LogP) is 3.50. The van der Waals surface area contributed by atoms with E-state index in [0.717, 1.165) is 13.1 Å². The third kappa shape index (κ3) is 3.66. The molecule has 0 radical (unpaired) electrons. The van der Waals surface area contributed by atoms with E-state index in [1.54, 1.807) is 6.07 Å². The van der Waals surface area contributed by atoms with Gasteiger partial charge in [0.2, 0.25) is 0 Å². The Kier molecular flexibility index (Phi) is 4.75. The molecular formula is C15H22F2N2. The lowest BCUT2D eigenvalue weighted by Gasteiger charge is -2.35. The molecule has 1 aromatic carbocycles. The molecule has 2 unspecified atom stereocenters. The fourth-order valence-electron chi connectivity index (χ4n) is 2.75. The number of piperidine rings is 1. The molecule has 1 fully saturated rings. The molecule has 106 valence electrons. The first-order chi connectivity index (χ1) is 9.10. The van der Waals surface area contributed by atoms with Gasteiger partial charge in [-0.3, -0.25) is 0 Å². The van der Waals surface area contributed by atoms with Crippen LogP contribution in [0.2, 0.25) is 0 Å². The van der Waals surface area contributed by atoms with E-state index in [1.165, 1.54) is 31.5 Å².